The lowest BCUT2D eigenvalue weighted by atomic mass is 10.0. The standard InChI is InChI=1S/C14H16BrClO3/c1-3-10-11(14(2,16)13(15)18-10)19-12(17)9-7-5-4-6-8-9/h4-8,10-11,13H,3H2,1-2H3/t10-,11-,13?,14-/m1/s1. The van der Waals surface area contributed by atoms with Gasteiger partial charge in [-0.15, -0.1) is 11.6 Å². The van der Waals surface area contributed by atoms with Crippen LogP contribution in [0.15, 0.2) is 30.3 Å². The average Bonchev–Trinajstić information content (AvgIpc) is 2.63. The van der Waals surface area contributed by atoms with E-state index in [2.05, 4.69) is 15.9 Å². The molecule has 0 saturated carbocycles. The summed E-state index contributed by atoms with van der Waals surface area (Å²) < 4.78 is 11.2. The van der Waals surface area contributed by atoms with E-state index in [0.717, 1.165) is 6.42 Å². The van der Waals surface area contributed by atoms with Crippen molar-refractivity contribution in [3.8, 4) is 0 Å². The van der Waals surface area contributed by atoms with Crippen LogP contribution in [0.4, 0.5) is 0 Å². The van der Waals surface area contributed by atoms with E-state index in [1.807, 2.05) is 19.9 Å². The molecule has 0 radical (unpaired) electrons. The van der Waals surface area contributed by atoms with Crippen molar-refractivity contribution in [2.45, 2.75) is 42.4 Å². The molecule has 0 aliphatic carbocycles. The van der Waals surface area contributed by atoms with E-state index in [-0.39, 0.29) is 17.1 Å². The van der Waals surface area contributed by atoms with Crippen LogP contribution in [0, 0.1) is 0 Å². The average molecular weight is 348 g/mol. The number of carbonyl (C=O) groups is 1. The van der Waals surface area contributed by atoms with Crippen LogP contribution in [0.2, 0.25) is 0 Å². The molecule has 2 rings (SSSR count). The Bertz CT molecular complexity index is 449. The maximum Gasteiger partial charge on any atom is 0.338 e. The monoisotopic (exact) mass is 346 g/mol. The predicted octanol–water partition coefficient (Wildman–Crippen LogP) is 3.74. The number of hydrogen-bond acceptors (Lipinski definition) is 3. The molecule has 5 heteroatoms. The van der Waals surface area contributed by atoms with E-state index in [0.29, 0.717) is 5.56 Å². The SMILES string of the molecule is CC[C@H]1OC(Br)[C@](C)(Cl)[C@@H]1OC(=O)c1ccccc1. The number of hydrogen-bond donors (Lipinski definition) is 0. The Morgan fingerprint density at radius 3 is 2.68 bits per heavy atom. The number of esters is 1. The Balaban J connectivity index is 2.15. The Morgan fingerprint density at radius 2 is 2.11 bits per heavy atom. The molecule has 0 amide bonds. The number of ether oxygens (including phenoxy) is 2. The van der Waals surface area contributed by atoms with E-state index < -0.39 is 11.0 Å². The fourth-order valence-electron chi connectivity index (χ4n) is 2.11. The fraction of sp³-hybridized carbons (Fsp3) is 0.500. The minimum atomic E-state index is -0.773. The molecule has 104 valence electrons. The van der Waals surface area contributed by atoms with Gasteiger partial charge in [-0.3, -0.25) is 0 Å². The van der Waals surface area contributed by atoms with Gasteiger partial charge in [-0.25, -0.2) is 4.79 Å². The van der Waals surface area contributed by atoms with Crippen LogP contribution in [-0.2, 0) is 9.47 Å². The van der Waals surface area contributed by atoms with Crippen LogP contribution in [0.1, 0.15) is 30.6 Å². The molecule has 0 spiro atoms. The summed E-state index contributed by atoms with van der Waals surface area (Å²) in [6.45, 7) is 3.79. The first-order valence-corrected chi connectivity index (χ1v) is 7.50. The lowest BCUT2D eigenvalue weighted by molar-refractivity contribution is -0.00469. The van der Waals surface area contributed by atoms with Crippen molar-refractivity contribution >= 4 is 33.5 Å². The molecule has 1 aromatic rings. The van der Waals surface area contributed by atoms with Gasteiger partial charge < -0.3 is 9.47 Å². The summed E-state index contributed by atoms with van der Waals surface area (Å²) in [5.74, 6) is -0.374. The van der Waals surface area contributed by atoms with E-state index in [1.165, 1.54) is 0 Å². The van der Waals surface area contributed by atoms with Crippen molar-refractivity contribution in [1.82, 2.24) is 0 Å². The summed E-state index contributed by atoms with van der Waals surface area (Å²) in [5.41, 5.74) is 0.517. The molecule has 19 heavy (non-hydrogen) atoms. The minimum Gasteiger partial charge on any atom is -0.454 e. The summed E-state index contributed by atoms with van der Waals surface area (Å²) in [6, 6.07) is 8.88. The van der Waals surface area contributed by atoms with Crippen molar-refractivity contribution in [2.24, 2.45) is 0 Å². The van der Waals surface area contributed by atoms with Crippen LogP contribution in [0.25, 0.3) is 0 Å². The van der Waals surface area contributed by atoms with Gasteiger partial charge in [0.25, 0.3) is 0 Å². The van der Waals surface area contributed by atoms with Crippen LogP contribution >= 0.6 is 27.5 Å². The summed E-state index contributed by atoms with van der Waals surface area (Å²) in [4.78, 5) is 11.3. The third kappa shape index (κ3) is 2.96. The first-order chi connectivity index (χ1) is 8.96. The van der Waals surface area contributed by atoms with Gasteiger partial charge in [-0.05, 0) is 25.5 Å². The van der Waals surface area contributed by atoms with Gasteiger partial charge >= 0.3 is 5.97 Å². The van der Waals surface area contributed by atoms with Crippen LogP contribution in [0.3, 0.4) is 0 Å². The molecule has 0 N–H and O–H groups in total. The first-order valence-electron chi connectivity index (χ1n) is 6.21. The van der Waals surface area contributed by atoms with Crippen molar-refractivity contribution in [3.05, 3.63) is 35.9 Å². The number of rotatable bonds is 3. The van der Waals surface area contributed by atoms with Gasteiger partial charge in [-0.1, -0.05) is 41.1 Å². The summed E-state index contributed by atoms with van der Waals surface area (Å²) in [6.07, 6.45) is 0.0627. The molecule has 1 aromatic carbocycles. The van der Waals surface area contributed by atoms with Crippen LogP contribution < -0.4 is 0 Å². The van der Waals surface area contributed by atoms with E-state index >= 15 is 0 Å². The molecule has 1 unspecified atom stereocenters. The molecule has 1 aliphatic heterocycles. The van der Waals surface area contributed by atoms with Gasteiger partial charge in [0.15, 0.2) is 6.10 Å². The normalized spacial score (nSPS) is 34.2. The molecule has 1 aliphatic rings. The Hall–Kier alpha value is -0.580. The molecule has 1 fully saturated rings. The highest BCUT2D eigenvalue weighted by Crippen LogP contribution is 2.42. The molecular formula is C14H16BrClO3. The lowest BCUT2D eigenvalue weighted by Gasteiger charge is -2.26. The Labute approximate surface area is 126 Å². The maximum atomic E-state index is 12.1. The van der Waals surface area contributed by atoms with Crippen LogP contribution in [-0.4, -0.2) is 28.1 Å². The third-order valence-electron chi connectivity index (χ3n) is 3.28. The Morgan fingerprint density at radius 1 is 1.47 bits per heavy atom. The van der Waals surface area contributed by atoms with Crippen LogP contribution in [0.5, 0.6) is 0 Å². The Kier molecular flexibility index (Phi) is 4.54. The number of carbonyl (C=O) groups excluding carboxylic acids is 1. The maximum absolute atomic E-state index is 12.1. The molecular weight excluding hydrogens is 332 g/mol. The number of alkyl halides is 2. The van der Waals surface area contributed by atoms with E-state index in [1.54, 1.807) is 24.3 Å². The smallest absolute Gasteiger partial charge is 0.338 e. The molecule has 4 atom stereocenters. The highest BCUT2D eigenvalue weighted by atomic mass is 79.9. The molecule has 0 bridgehead atoms. The predicted molar refractivity (Wildman–Crippen MR) is 77.8 cm³/mol. The second-order valence-electron chi connectivity index (χ2n) is 4.74. The molecule has 1 heterocycles. The topological polar surface area (TPSA) is 35.5 Å². The van der Waals surface area contributed by atoms with Gasteiger partial charge in [0.1, 0.15) is 9.89 Å². The summed E-state index contributed by atoms with van der Waals surface area (Å²) in [7, 11) is 0. The zero-order chi connectivity index (χ0) is 14.0. The zero-order valence-electron chi connectivity index (χ0n) is 10.8. The minimum absolute atomic E-state index is 0.195. The second-order valence-corrected chi connectivity index (χ2v) is 6.39. The van der Waals surface area contributed by atoms with Gasteiger partial charge in [-0.2, -0.15) is 0 Å². The third-order valence-corrected chi connectivity index (χ3v) is 5.12. The van der Waals surface area contributed by atoms with Gasteiger partial charge in [0, 0.05) is 0 Å². The van der Waals surface area contributed by atoms with Crippen molar-refractivity contribution in [1.29, 1.82) is 0 Å². The summed E-state index contributed by atoms with van der Waals surface area (Å²) in [5, 5.41) is -0.333. The fourth-order valence-corrected chi connectivity index (χ4v) is 2.88. The van der Waals surface area contributed by atoms with Crippen molar-refractivity contribution in [3.63, 3.8) is 0 Å². The molecule has 3 nitrogen and oxygen atoms in total. The lowest BCUT2D eigenvalue weighted by Crippen LogP contribution is -2.41. The number of benzene rings is 1. The van der Waals surface area contributed by atoms with E-state index in [4.69, 9.17) is 21.1 Å². The van der Waals surface area contributed by atoms with Crippen molar-refractivity contribution in [2.75, 3.05) is 0 Å². The molecule has 0 aromatic heterocycles. The largest absolute Gasteiger partial charge is 0.454 e. The number of halogens is 2. The van der Waals surface area contributed by atoms with Crippen molar-refractivity contribution < 1.29 is 14.3 Å². The molecule has 1 saturated heterocycles. The quantitative estimate of drug-likeness (QED) is 0.617. The zero-order valence-corrected chi connectivity index (χ0v) is 13.1. The first kappa shape index (κ1) is 14.8. The second kappa shape index (κ2) is 5.81. The highest BCUT2D eigenvalue weighted by molar-refractivity contribution is 9.09. The van der Waals surface area contributed by atoms with E-state index in [9.17, 15) is 4.79 Å². The summed E-state index contributed by atoms with van der Waals surface area (Å²) >= 11 is 9.82. The highest BCUT2D eigenvalue weighted by Gasteiger charge is 2.53. The van der Waals surface area contributed by atoms with Gasteiger partial charge in [0.05, 0.1) is 11.7 Å². The van der Waals surface area contributed by atoms with Gasteiger partial charge in [0.2, 0.25) is 0 Å².